The second kappa shape index (κ2) is 4.02. The lowest BCUT2D eigenvalue weighted by atomic mass is 9.77. The van der Waals surface area contributed by atoms with E-state index in [9.17, 15) is 4.79 Å². The van der Waals surface area contributed by atoms with Gasteiger partial charge in [0, 0.05) is 19.0 Å². The molecule has 0 saturated carbocycles. The number of nitrogens with two attached hydrogens (primary N) is 1. The van der Waals surface area contributed by atoms with E-state index in [2.05, 4.69) is 13.8 Å². The first kappa shape index (κ1) is 12.4. The van der Waals surface area contributed by atoms with Crippen LogP contribution in [0.25, 0.3) is 0 Å². The molecule has 1 aromatic heterocycles. The molecule has 4 heteroatoms. The van der Waals surface area contributed by atoms with Crippen molar-refractivity contribution in [1.29, 1.82) is 0 Å². The first-order valence-corrected chi connectivity index (χ1v) is 6.75. The lowest BCUT2D eigenvalue weighted by Gasteiger charge is -2.29. The van der Waals surface area contributed by atoms with Crippen molar-refractivity contribution < 1.29 is 4.79 Å². The molecule has 0 saturated heterocycles. The molecule has 0 bridgehead atoms. The van der Waals surface area contributed by atoms with Crippen LogP contribution in [0.5, 0.6) is 0 Å². The van der Waals surface area contributed by atoms with Crippen LogP contribution < -0.4 is 5.73 Å². The molecule has 1 aliphatic carbocycles. The zero-order valence-electron chi connectivity index (χ0n) is 11.0. The topological polar surface area (TPSA) is 46.3 Å². The normalized spacial score (nSPS) is 17.6. The number of hydrogen-bond donors (Lipinski definition) is 1. The largest absolute Gasteiger partial charge is 0.390 e. The van der Waals surface area contributed by atoms with Gasteiger partial charge in [0.2, 0.25) is 0 Å². The highest BCUT2D eigenvalue weighted by Crippen LogP contribution is 2.42. The number of nitrogens with zero attached hydrogens (tertiary/aromatic N) is 1. The molecule has 94 valence electrons. The molecule has 0 unspecified atom stereocenters. The average molecular weight is 252 g/mol. The smallest absolute Gasteiger partial charge is 0.256 e. The number of amides is 1. The number of nitrogen functional groups attached to an aromatic ring is 1. The summed E-state index contributed by atoms with van der Waals surface area (Å²) in [5.74, 6) is 0.0414. The van der Waals surface area contributed by atoms with Gasteiger partial charge in [-0.15, -0.1) is 11.3 Å². The van der Waals surface area contributed by atoms with Gasteiger partial charge in [-0.25, -0.2) is 0 Å². The van der Waals surface area contributed by atoms with Gasteiger partial charge >= 0.3 is 0 Å². The van der Waals surface area contributed by atoms with Crippen molar-refractivity contribution in [2.75, 3.05) is 19.8 Å². The van der Waals surface area contributed by atoms with E-state index in [4.69, 9.17) is 5.73 Å². The molecule has 17 heavy (non-hydrogen) atoms. The van der Waals surface area contributed by atoms with Gasteiger partial charge in [0.25, 0.3) is 5.91 Å². The number of hydrogen-bond acceptors (Lipinski definition) is 3. The molecule has 1 amide bonds. The summed E-state index contributed by atoms with van der Waals surface area (Å²) in [6, 6.07) is 0. The van der Waals surface area contributed by atoms with Crippen LogP contribution in [-0.2, 0) is 12.8 Å². The summed E-state index contributed by atoms with van der Waals surface area (Å²) >= 11 is 1.60. The number of thiophene rings is 1. The Morgan fingerprint density at radius 2 is 2.06 bits per heavy atom. The highest BCUT2D eigenvalue weighted by Gasteiger charge is 2.31. The van der Waals surface area contributed by atoms with Gasteiger partial charge in [-0.3, -0.25) is 4.79 Å². The SMILES string of the molecule is CN(C)C(=O)c1c(N)sc2c1CCC(C)(C)C2. The summed E-state index contributed by atoms with van der Waals surface area (Å²) in [5, 5.41) is 0.686. The molecule has 1 aliphatic rings. The van der Waals surface area contributed by atoms with Gasteiger partial charge in [0.15, 0.2) is 0 Å². The number of carbonyl (C=O) groups is 1. The van der Waals surface area contributed by atoms with Crippen molar-refractivity contribution in [2.24, 2.45) is 5.41 Å². The zero-order valence-corrected chi connectivity index (χ0v) is 11.8. The fraction of sp³-hybridized carbons (Fsp3) is 0.615. The van der Waals surface area contributed by atoms with Gasteiger partial charge in [0.05, 0.1) is 10.6 Å². The van der Waals surface area contributed by atoms with Crippen LogP contribution in [0, 0.1) is 5.41 Å². The van der Waals surface area contributed by atoms with E-state index >= 15 is 0 Å². The third kappa shape index (κ3) is 2.18. The maximum Gasteiger partial charge on any atom is 0.256 e. The lowest BCUT2D eigenvalue weighted by Crippen LogP contribution is -2.26. The van der Waals surface area contributed by atoms with Crippen LogP contribution in [0.2, 0.25) is 0 Å². The van der Waals surface area contributed by atoms with Gasteiger partial charge in [0.1, 0.15) is 0 Å². The zero-order chi connectivity index (χ0) is 12.8. The molecule has 3 nitrogen and oxygen atoms in total. The minimum Gasteiger partial charge on any atom is -0.390 e. The van der Waals surface area contributed by atoms with Gasteiger partial charge in [-0.1, -0.05) is 13.8 Å². The van der Waals surface area contributed by atoms with Crippen LogP contribution in [0.1, 0.15) is 41.1 Å². The van der Waals surface area contributed by atoms with E-state index in [-0.39, 0.29) is 5.91 Å². The molecule has 2 rings (SSSR count). The summed E-state index contributed by atoms with van der Waals surface area (Å²) in [6.07, 6.45) is 3.15. The Balaban J connectivity index is 2.44. The predicted molar refractivity (Wildman–Crippen MR) is 72.6 cm³/mol. The van der Waals surface area contributed by atoms with Crippen molar-refractivity contribution in [3.05, 3.63) is 16.0 Å². The molecule has 2 N–H and O–H groups in total. The van der Waals surface area contributed by atoms with Crippen LogP contribution in [0.3, 0.4) is 0 Å². The first-order valence-electron chi connectivity index (χ1n) is 5.93. The van der Waals surface area contributed by atoms with E-state index in [1.807, 2.05) is 0 Å². The van der Waals surface area contributed by atoms with Crippen molar-refractivity contribution in [3.8, 4) is 0 Å². The Hall–Kier alpha value is -1.03. The van der Waals surface area contributed by atoms with Crippen LogP contribution >= 0.6 is 11.3 Å². The van der Waals surface area contributed by atoms with Crippen molar-refractivity contribution in [2.45, 2.75) is 33.1 Å². The van der Waals surface area contributed by atoms with Crippen molar-refractivity contribution >= 4 is 22.2 Å². The van der Waals surface area contributed by atoms with Crippen molar-refractivity contribution in [1.82, 2.24) is 4.90 Å². The molecule has 1 heterocycles. The van der Waals surface area contributed by atoms with Gasteiger partial charge < -0.3 is 10.6 Å². The summed E-state index contributed by atoms with van der Waals surface area (Å²) in [4.78, 5) is 15.0. The van der Waals surface area contributed by atoms with Crippen molar-refractivity contribution in [3.63, 3.8) is 0 Å². The molecular weight excluding hydrogens is 232 g/mol. The molecule has 0 aliphatic heterocycles. The Morgan fingerprint density at radius 3 is 2.65 bits per heavy atom. The molecule has 0 fully saturated rings. The number of fused-ring (bicyclic) bond motifs is 1. The Labute approximate surface area is 107 Å². The Morgan fingerprint density at radius 1 is 1.41 bits per heavy atom. The molecule has 0 atom stereocenters. The minimum atomic E-state index is 0.0414. The van der Waals surface area contributed by atoms with Crippen LogP contribution in [0.15, 0.2) is 0 Å². The average Bonchev–Trinajstić information content (AvgIpc) is 2.50. The van der Waals surface area contributed by atoms with Gasteiger partial charge in [-0.2, -0.15) is 0 Å². The third-order valence-electron chi connectivity index (χ3n) is 3.43. The van der Waals surface area contributed by atoms with E-state index in [0.717, 1.165) is 24.8 Å². The molecule has 0 aromatic carbocycles. The van der Waals surface area contributed by atoms with E-state index < -0.39 is 0 Å². The summed E-state index contributed by atoms with van der Waals surface area (Å²) < 4.78 is 0. The Bertz CT molecular complexity index is 460. The summed E-state index contributed by atoms with van der Waals surface area (Å²) in [6.45, 7) is 4.55. The van der Waals surface area contributed by atoms with E-state index in [1.165, 1.54) is 10.4 Å². The molecule has 1 aromatic rings. The minimum absolute atomic E-state index is 0.0414. The summed E-state index contributed by atoms with van der Waals surface area (Å²) in [5.41, 5.74) is 8.31. The highest BCUT2D eigenvalue weighted by atomic mass is 32.1. The number of rotatable bonds is 1. The monoisotopic (exact) mass is 252 g/mol. The number of anilines is 1. The maximum atomic E-state index is 12.1. The first-order chi connectivity index (χ1) is 7.82. The van der Waals surface area contributed by atoms with E-state index in [0.29, 0.717) is 10.4 Å². The van der Waals surface area contributed by atoms with Gasteiger partial charge in [-0.05, 0) is 30.2 Å². The fourth-order valence-electron chi connectivity index (χ4n) is 2.39. The van der Waals surface area contributed by atoms with Crippen LogP contribution in [0.4, 0.5) is 5.00 Å². The highest BCUT2D eigenvalue weighted by molar-refractivity contribution is 7.16. The quantitative estimate of drug-likeness (QED) is 0.835. The standard InChI is InChI=1S/C13H20N2OS/c1-13(2)6-5-8-9(7-13)17-11(14)10(8)12(16)15(3)4/h5-7,14H2,1-4H3. The second-order valence-electron chi connectivity index (χ2n) is 5.78. The third-order valence-corrected chi connectivity index (χ3v) is 4.49. The lowest BCUT2D eigenvalue weighted by molar-refractivity contribution is 0.0827. The van der Waals surface area contributed by atoms with E-state index in [1.54, 1.807) is 30.3 Å². The maximum absolute atomic E-state index is 12.1. The Kier molecular flexibility index (Phi) is 2.94. The fourth-order valence-corrected chi connectivity index (χ4v) is 3.75. The second-order valence-corrected chi connectivity index (χ2v) is 6.92. The predicted octanol–water partition coefficient (Wildman–Crippen LogP) is 2.55. The summed E-state index contributed by atoms with van der Waals surface area (Å²) in [7, 11) is 3.55. The molecular formula is C13H20N2OS. The number of carbonyl (C=O) groups excluding carboxylic acids is 1. The molecule has 0 spiro atoms. The molecule has 0 radical (unpaired) electrons. The van der Waals surface area contributed by atoms with Crippen LogP contribution in [-0.4, -0.2) is 24.9 Å².